The zero-order valence-electron chi connectivity index (χ0n) is 79.0. The highest BCUT2D eigenvalue weighted by molar-refractivity contribution is 7.47. The predicted molar refractivity (Wildman–Crippen MR) is 528 cm³/mol. The average molecular weight is 1780 g/mol. The maximum absolute atomic E-state index is 13.1. The fourth-order valence-electron chi connectivity index (χ4n) is 13.4. The van der Waals surface area contributed by atoms with E-state index in [0.29, 0.717) is 19.3 Å². The van der Waals surface area contributed by atoms with Crippen LogP contribution in [0.2, 0.25) is 0 Å². The fraction of sp³-hybridized carbons (Fsp3) is 0.673. The van der Waals surface area contributed by atoms with Gasteiger partial charge in [-0.1, -0.05) is 421 Å². The lowest BCUT2D eigenvalue weighted by molar-refractivity contribution is -0.161. The van der Waals surface area contributed by atoms with E-state index >= 15 is 0 Å². The maximum atomic E-state index is 13.1. The third-order valence-corrected chi connectivity index (χ3v) is 22.7. The van der Waals surface area contributed by atoms with Crippen molar-refractivity contribution >= 4 is 33.6 Å². The van der Waals surface area contributed by atoms with Gasteiger partial charge in [-0.15, -0.1) is 0 Å². The van der Waals surface area contributed by atoms with Gasteiger partial charge in [0.25, 0.3) is 0 Å². The van der Waals surface area contributed by atoms with E-state index in [1.165, 1.54) is 161 Å². The van der Waals surface area contributed by atoms with Gasteiger partial charge < -0.3 is 34.2 Å². The van der Waals surface area contributed by atoms with E-state index in [4.69, 9.17) is 32.3 Å². The van der Waals surface area contributed by atoms with Crippen molar-refractivity contribution in [3.8, 4) is 0 Å². The van der Waals surface area contributed by atoms with Crippen LogP contribution in [-0.4, -0.2) is 95.9 Å². The standard InChI is InChI=1S/C107H180O16P2/c1-4-7-10-13-16-19-22-25-28-31-34-37-40-43-45-47-49-50-52-54-55-58-60-63-66-69-72-75-78-81-84-87-90-93-105(110)117-96-102(108)97-119-124(113,114)120-98-103(109)99-121-125(115,116)122-101-104(123-107(112)95-92-89-86-83-80-77-74-71-68-65-62-57-42-39-36-33-30-27-24-21-18-15-12-9-6-3)100-118-106(111)94-91-88-85-82-79-76-73-70-67-64-61-59-56-53-51-48-46-44-41-38-35-32-29-26-23-20-17-14-11-8-5-2/h7-12,16-21,25-30,34-39,43-46,57,62,68,71,102-104,108-109H,4-6,13-15,22-24,31-33,40-42,47-56,58-61,63-67,69-70,72-101H2,1-3H3,(H,113,114)(H,115,116)/b10-7-,11-8-,12-9-,19-16-,20-17-,21-18-,28-25-,29-26-,30-27-,37-34-,38-35-,39-36-,45-43-,46-44-,62-57-,71-68-. The molecule has 18 heteroatoms. The van der Waals surface area contributed by atoms with Gasteiger partial charge in [0.15, 0.2) is 6.10 Å². The normalized spacial score (nSPS) is 14.5. The van der Waals surface area contributed by atoms with E-state index in [-0.39, 0.29) is 19.3 Å². The number of allylic oxidation sites excluding steroid dienone is 32. The summed E-state index contributed by atoms with van der Waals surface area (Å²) in [5.74, 6) is -1.58. The molecule has 16 nitrogen and oxygen atoms in total. The van der Waals surface area contributed by atoms with Crippen molar-refractivity contribution in [3.05, 3.63) is 194 Å². The third kappa shape index (κ3) is 98.8. The first-order chi connectivity index (χ1) is 61.2. The Labute approximate surface area is 763 Å². The Morgan fingerprint density at radius 2 is 0.400 bits per heavy atom. The van der Waals surface area contributed by atoms with Crippen molar-refractivity contribution in [2.75, 3.05) is 39.6 Å². The Bertz CT molecular complexity index is 3050. The Morgan fingerprint density at radius 3 is 0.632 bits per heavy atom. The van der Waals surface area contributed by atoms with Crippen LogP contribution in [0.3, 0.4) is 0 Å². The Hall–Kier alpha value is -5.61. The van der Waals surface area contributed by atoms with Gasteiger partial charge in [0, 0.05) is 19.3 Å². The molecule has 0 amide bonds. The Balaban J connectivity index is 4.61. The molecule has 0 aliphatic rings. The van der Waals surface area contributed by atoms with Crippen LogP contribution in [0.4, 0.5) is 0 Å². The SMILES string of the molecule is CC/C=C\C/C=C\C/C=C\C/C=C\C/C=C\C/C=C\CCCCCCCCC(=O)OC(COC(=O)CCCCCCCCCCCCCCCCC/C=C\C/C=C\C/C=C\C/C=C\C/C=C\CC)COP(=O)(O)OCC(O)COP(=O)(O)OCC(O)COC(=O)CCCCCCCCCCCCCCCCCCC/C=C\C/C=C\C/C=C\C/C=C\C/C=C\CC. The summed E-state index contributed by atoms with van der Waals surface area (Å²) in [5.41, 5.74) is 0. The minimum absolute atomic E-state index is 0.0823. The minimum Gasteiger partial charge on any atom is -0.463 e. The predicted octanol–water partition coefficient (Wildman–Crippen LogP) is 31.3. The summed E-state index contributed by atoms with van der Waals surface area (Å²) in [6.07, 6.45) is 131. The zero-order chi connectivity index (χ0) is 90.7. The first kappa shape index (κ1) is 119. The second-order valence-electron chi connectivity index (χ2n) is 32.8. The number of phosphoric acid groups is 2. The molecule has 4 N–H and O–H groups in total. The van der Waals surface area contributed by atoms with Crippen LogP contribution in [0.15, 0.2) is 194 Å². The van der Waals surface area contributed by atoms with Crippen molar-refractivity contribution in [2.45, 2.75) is 424 Å². The van der Waals surface area contributed by atoms with Gasteiger partial charge in [-0.2, -0.15) is 0 Å². The maximum Gasteiger partial charge on any atom is 0.472 e. The van der Waals surface area contributed by atoms with Crippen LogP contribution < -0.4 is 0 Å². The van der Waals surface area contributed by atoms with E-state index in [1.807, 2.05) is 0 Å². The number of esters is 3. The number of unbranched alkanes of at least 4 members (excludes halogenated alkanes) is 38. The number of phosphoric ester groups is 2. The van der Waals surface area contributed by atoms with Crippen LogP contribution in [-0.2, 0) is 55.8 Å². The molecule has 0 saturated carbocycles. The fourth-order valence-corrected chi connectivity index (χ4v) is 15.0. The van der Waals surface area contributed by atoms with Crippen molar-refractivity contribution in [1.29, 1.82) is 0 Å². The number of hydrogen-bond donors (Lipinski definition) is 4. The number of ether oxygens (including phenoxy) is 3. The lowest BCUT2D eigenvalue weighted by Crippen LogP contribution is -2.30. The summed E-state index contributed by atoms with van der Waals surface area (Å²) in [4.78, 5) is 59.2. The second-order valence-corrected chi connectivity index (χ2v) is 35.7. The van der Waals surface area contributed by atoms with E-state index in [9.17, 15) is 43.5 Å². The van der Waals surface area contributed by atoms with Gasteiger partial charge in [0.1, 0.15) is 25.4 Å². The first-order valence-corrected chi connectivity index (χ1v) is 52.7. The Morgan fingerprint density at radius 1 is 0.224 bits per heavy atom. The molecule has 5 atom stereocenters. The molecular formula is C107H180O16P2. The monoisotopic (exact) mass is 1780 g/mol. The van der Waals surface area contributed by atoms with Gasteiger partial charge in [0.2, 0.25) is 0 Å². The van der Waals surface area contributed by atoms with Gasteiger partial charge >= 0.3 is 33.6 Å². The summed E-state index contributed by atoms with van der Waals surface area (Å²) in [7, 11) is -9.83. The van der Waals surface area contributed by atoms with Crippen molar-refractivity contribution in [2.24, 2.45) is 0 Å². The molecule has 0 aromatic rings. The molecular weight excluding hydrogens is 1600 g/mol. The summed E-state index contributed by atoms with van der Waals surface area (Å²) in [5, 5.41) is 20.8. The number of aliphatic hydroxyl groups excluding tert-OH is 2. The molecule has 0 saturated heterocycles. The van der Waals surface area contributed by atoms with Crippen LogP contribution in [0.5, 0.6) is 0 Å². The number of hydrogen-bond acceptors (Lipinski definition) is 14. The lowest BCUT2D eigenvalue weighted by Gasteiger charge is -2.21. The highest BCUT2D eigenvalue weighted by Gasteiger charge is 2.30. The largest absolute Gasteiger partial charge is 0.472 e. The molecule has 0 aliphatic heterocycles. The van der Waals surface area contributed by atoms with Crippen LogP contribution >= 0.6 is 15.6 Å². The highest BCUT2D eigenvalue weighted by atomic mass is 31.2. The average Bonchev–Trinajstić information content (AvgIpc) is 0.900. The van der Waals surface area contributed by atoms with E-state index in [2.05, 4.69) is 215 Å². The smallest absolute Gasteiger partial charge is 0.463 e. The summed E-state index contributed by atoms with van der Waals surface area (Å²) < 4.78 is 61.6. The minimum atomic E-state index is -4.95. The molecule has 0 aliphatic carbocycles. The molecule has 0 heterocycles. The van der Waals surface area contributed by atoms with E-state index < -0.39 is 91.5 Å². The molecule has 0 radical (unpaired) electrons. The number of rotatable bonds is 93. The number of aliphatic hydroxyl groups is 2. The highest BCUT2D eigenvalue weighted by Crippen LogP contribution is 2.45. The summed E-state index contributed by atoms with van der Waals surface area (Å²) in [6.45, 7) is 2.38. The quantitative estimate of drug-likeness (QED) is 0.0146. The molecule has 0 fully saturated rings. The van der Waals surface area contributed by atoms with Gasteiger partial charge in [-0.3, -0.25) is 32.5 Å². The molecule has 0 rings (SSSR count). The summed E-state index contributed by atoms with van der Waals surface area (Å²) in [6, 6.07) is 0. The molecule has 0 spiro atoms. The van der Waals surface area contributed by atoms with Crippen molar-refractivity contribution < 1.29 is 75.8 Å². The molecule has 0 aromatic carbocycles. The summed E-state index contributed by atoms with van der Waals surface area (Å²) >= 11 is 0. The molecule has 5 unspecified atom stereocenters. The van der Waals surface area contributed by atoms with Gasteiger partial charge in [-0.05, 0) is 161 Å². The first-order valence-electron chi connectivity index (χ1n) is 49.7. The van der Waals surface area contributed by atoms with E-state index in [1.54, 1.807) is 0 Å². The van der Waals surface area contributed by atoms with Crippen molar-refractivity contribution in [3.63, 3.8) is 0 Å². The number of carbonyl (C=O) groups excluding carboxylic acids is 3. The van der Waals surface area contributed by atoms with E-state index in [0.717, 1.165) is 186 Å². The van der Waals surface area contributed by atoms with Gasteiger partial charge in [0.05, 0.1) is 26.4 Å². The zero-order valence-corrected chi connectivity index (χ0v) is 80.7. The topological polar surface area (TPSA) is 231 Å². The molecule has 0 aromatic heterocycles. The number of carbonyl (C=O) groups is 3. The second kappa shape index (κ2) is 97.4. The lowest BCUT2D eigenvalue weighted by atomic mass is 10.0. The Kier molecular flexibility index (Phi) is 93.1. The molecule has 714 valence electrons. The molecule has 0 bridgehead atoms. The van der Waals surface area contributed by atoms with Crippen LogP contribution in [0.1, 0.15) is 406 Å². The van der Waals surface area contributed by atoms with Crippen molar-refractivity contribution in [1.82, 2.24) is 0 Å². The van der Waals surface area contributed by atoms with Crippen LogP contribution in [0.25, 0.3) is 0 Å². The van der Waals surface area contributed by atoms with Crippen LogP contribution in [0, 0.1) is 0 Å². The molecule has 125 heavy (non-hydrogen) atoms. The van der Waals surface area contributed by atoms with Gasteiger partial charge in [-0.25, -0.2) is 9.13 Å². The third-order valence-electron chi connectivity index (χ3n) is 20.8.